The van der Waals surface area contributed by atoms with Crippen molar-refractivity contribution >= 4 is 21.6 Å². The van der Waals surface area contributed by atoms with Gasteiger partial charge in [0.05, 0.1) is 5.56 Å². The molecule has 2 aliphatic rings. The Morgan fingerprint density at radius 2 is 1.51 bits per heavy atom. The summed E-state index contributed by atoms with van der Waals surface area (Å²) in [4.78, 5) is 43.9. The maximum atomic E-state index is 12.7. The third-order valence-electron chi connectivity index (χ3n) is 5.09. The first-order valence-corrected chi connectivity index (χ1v) is 12.2. The Morgan fingerprint density at radius 3 is 2.20 bits per heavy atom. The monoisotopic (exact) mass is 526 g/mol. The fourth-order valence-corrected chi connectivity index (χ4v) is 5.49. The van der Waals surface area contributed by atoms with Crippen molar-refractivity contribution < 1.29 is 52.0 Å². The summed E-state index contributed by atoms with van der Waals surface area (Å²) < 4.78 is 42.4. The Balaban J connectivity index is 0.00000171. The first-order valence-electron chi connectivity index (χ1n) is 9.23. The molecule has 13 nitrogen and oxygen atoms in total. The van der Waals surface area contributed by atoms with Crippen LogP contribution in [0, 0.1) is 0 Å². The van der Waals surface area contributed by atoms with Gasteiger partial charge >= 0.3 is 13.8 Å². The molecule has 0 aromatic heterocycles. The molecule has 35 heavy (non-hydrogen) atoms. The normalized spacial score (nSPS) is 20.4. The maximum Gasteiger partial charge on any atom is 0.340 e. The molecule has 0 aliphatic carbocycles. The van der Waals surface area contributed by atoms with Gasteiger partial charge in [-0.05, 0) is 30.3 Å². The summed E-state index contributed by atoms with van der Waals surface area (Å²) in [6.45, 7) is 0. The minimum atomic E-state index is -5.63. The maximum absolute atomic E-state index is 12.7. The van der Waals surface area contributed by atoms with E-state index in [9.17, 15) is 28.8 Å². The second-order valence-corrected chi connectivity index (χ2v) is 9.81. The lowest BCUT2D eigenvalue weighted by molar-refractivity contribution is -0.236. The molecule has 1 spiro atoms. The molecule has 0 amide bonds. The number of carbonyl (C=O) groups is 1. The lowest BCUT2D eigenvalue weighted by Gasteiger charge is -2.36. The number of carbonyl (C=O) groups excluding carboxylic acids is 1. The Labute approximate surface area is 197 Å². The van der Waals surface area contributed by atoms with Crippen LogP contribution in [0.2, 0.25) is 0 Å². The summed E-state index contributed by atoms with van der Waals surface area (Å²) >= 11 is 0. The molecule has 2 aliphatic heterocycles. The molecule has 5 rings (SSSR count). The molecule has 3 aromatic carbocycles. The van der Waals surface area contributed by atoms with Gasteiger partial charge in [-0.15, -0.1) is 0 Å². The van der Waals surface area contributed by atoms with E-state index >= 15 is 0 Å². The highest BCUT2D eigenvalue weighted by Crippen LogP contribution is 2.58. The first-order chi connectivity index (χ1) is 15.5. The van der Waals surface area contributed by atoms with Gasteiger partial charge in [0, 0.05) is 28.8 Å². The summed E-state index contributed by atoms with van der Waals surface area (Å²) in [5, 5.41) is 9.94. The topological polar surface area (TPSA) is 248 Å². The van der Waals surface area contributed by atoms with Crippen molar-refractivity contribution in [2.75, 3.05) is 0 Å². The number of phenolic OH excluding ortho intramolecular Hbond substituents is 1. The zero-order valence-corrected chi connectivity index (χ0v) is 20.0. The van der Waals surface area contributed by atoms with Gasteiger partial charge in [0.2, 0.25) is 0 Å². The van der Waals surface area contributed by atoms with E-state index in [0.717, 1.165) is 6.07 Å². The second-order valence-electron chi connectivity index (χ2n) is 7.15. The summed E-state index contributed by atoms with van der Waals surface area (Å²) in [7, 11) is -11.1. The van der Waals surface area contributed by atoms with E-state index in [4.69, 9.17) is 14.4 Å². The molecular weight excluding hydrogens is 506 g/mol. The number of rotatable bonds is 4. The average molecular weight is 526 g/mol. The molecule has 2 heterocycles. The van der Waals surface area contributed by atoms with Crippen molar-refractivity contribution in [3.63, 3.8) is 0 Å². The molecule has 0 saturated carbocycles. The number of quaternary nitrogens is 2. The van der Waals surface area contributed by atoms with Crippen LogP contribution in [0.15, 0.2) is 60.7 Å². The molecule has 0 fully saturated rings. The molecular formula is C20H20N2O11P2. The summed E-state index contributed by atoms with van der Waals surface area (Å²) in [5.74, 6) is -1.00. The third-order valence-corrected chi connectivity index (χ3v) is 7.15. The number of esters is 1. The van der Waals surface area contributed by atoms with Gasteiger partial charge in [0.1, 0.15) is 23.0 Å². The molecule has 3 aromatic rings. The Bertz CT molecular complexity index is 1420. The Kier molecular flexibility index (Phi) is 6.59. The zero-order chi connectivity index (χ0) is 23.6. The van der Waals surface area contributed by atoms with Gasteiger partial charge in [0.15, 0.2) is 5.60 Å². The third kappa shape index (κ3) is 4.43. The minimum absolute atomic E-state index is 0. The van der Waals surface area contributed by atoms with Crippen molar-refractivity contribution in [2.45, 2.75) is 5.60 Å². The molecule has 186 valence electrons. The Morgan fingerprint density at radius 1 is 0.886 bits per heavy atom. The van der Waals surface area contributed by atoms with Crippen molar-refractivity contribution in [1.29, 1.82) is 0 Å². The lowest BCUT2D eigenvalue weighted by atomic mass is 9.77. The predicted molar refractivity (Wildman–Crippen MR) is 117 cm³/mol. The van der Waals surface area contributed by atoms with Crippen LogP contribution in [0.4, 0.5) is 0 Å². The van der Waals surface area contributed by atoms with Gasteiger partial charge < -0.3 is 46.1 Å². The van der Waals surface area contributed by atoms with E-state index < -0.39 is 33.0 Å². The number of benzene rings is 3. The average Bonchev–Trinajstić information content (AvgIpc) is 2.99. The van der Waals surface area contributed by atoms with E-state index in [0.29, 0.717) is 22.3 Å². The highest BCUT2D eigenvalue weighted by molar-refractivity contribution is 7.59. The van der Waals surface area contributed by atoms with Gasteiger partial charge in [-0.2, -0.15) is 0 Å². The van der Waals surface area contributed by atoms with Crippen LogP contribution in [-0.4, -0.2) is 16.0 Å². The largest absolute Gasteiger partial charge is 0.756 e. The molecule has 15 heteroatoms. The number of aromatic hydroxyl groups is 1. The summed E-state index contributed by atoms with van der Waals surface area (Å²) in [6.07, 6.45) is 0. The fraction of sp³-hybridized carbons (Fsp3) is 0.0500. The number of ether oxygens (including phenoxy) is 2. The number of hydrogen-bond acceptors (Lipinski definition) is 10. The van der Waals surface area contributed by atoms with Gasteiger partial charge in [-0.25, -0.2) is 9.11 Å². The minimum Gasteiger partial charge on any atom is -0.756 e. The van der Waals surface area contributed by atoms with Gasteiger partial charge in [0.25, 0.3) is 7.82 Å². The molecule has 10 N–H and O–H groups in total. The first kappa shape index (κ1) is 26.4. The Hall–Kier alpha value is -3.25. The van der Waals surface area contributed by atoms with Crippen molar-refractivity contribution in [3.05, 3.63) is 82.9 Å². The van der Waals surface area contributed by atoms with Crippen LogP contribution in [0.5, 0.6) is 23.0 Å². The van der Waals surface area contributed by atoms with Crippen molar-refractivity contribution in [2.24, 2.45) is 0 Å². The van der Waals surface area contributed by atoms with E-state index in [2.05, 4.69) is 8.83 Å². The van der Waals surface area contributed by atoms with E-state index in [1.165, 1.54) is 24.3 Å². The van der Waals surface area contributed by atoms with Gasteiger partial charge in [-0.3, -0.25) is 9.13 Å². The molecule has 0 radical (unpaired) electrons. The summed E-state index contributed by atoms with van der Waals surface area (Å²) in [5.41, 5.74) is 0.104. The van der Waals surface area contributed by atoms with E-state index in [1.54, 1.807) is 30.3 Å². The number of phenols is 1. The summed E-state index contributed by atoms with van der Waals surface area (Å²) in [6, 6.07) is 14.6. The van der Waals surface area contributed by atoms with Crippen LogP contribution in [0.25, 0.3) is 0 Å². The highest BCUT2D eigenvalue weighted by atomic mass is 31.3. The van der Waals surface area contributed by atoms with Crippen molar-refractivity contribution in [1.82, 2.24) is 12.3 Å². The molecule has 3 unspecified atom stereocenters. The number of phosphoric acid groups is 2. The zero-order valence-electron chi connectivity index (χ0n) is 18.2. The number of fused-ring (bicyclic) bond motifs is 6. The SMILES string of the molecule is O=C1OC2(c3ccc(O)cc3Oc3cc(OP(=O)([O-])OP(=O)([O-])O)ccc32)c2ccccc21.[NH4+].[NH4+]. The number of phosphoric ester groups is 1. The van der Waals surface area contributed by atoms with Crippen LogP contribution in [0.1, 0.15) is 27.0 Å². The van der Waals surface area contributed by atoms with E-state index in [-0.39, 0.29) is 29.5 Å². The quantitative estimate of drug-likeness (QED) is 0.284. The van der Waals surface area contributed by atoms with Crippen LogP contribution in [0.3, 0.4) is 0 Å². The van der Waals surface area contributed by atoms with E-state index in [1.807, 2.05) is 0 Å². The number of hydrogen-bond donors (Lipinski definition) is 4. The predicted octanol–water partition coefficient (Wildman–Crippen LogP) is 3.04. The van der Waals surface area contributed by atoms with Crippen LogP contribution >= 0.6 is 15.6 Å². The standard InChI is InChI=1S/C20H14O11P2.2H3N/c21-11-5-7-15-17(9-11)28-18-10-12(30-33(26,27)31-32(23,24)25)6-8-16(18)20(15)14-4-2-1-3-13(14)19(22)29-20;;/h1-10,21H,(H,26,27)(H2,23,24,25);2*1H3. The second kappa shape index (κ2) is 8.76. The van der Waals surface area contributed by atoms with Crippen LogP contribution in [-0.2, 0) is 23.8 Å². The van der Waals surface area contributed by atoms with Gasteiger partial charge in [-0.1, -0.05) is 18.2 Å². The van der Waals surface area contributed by atoms with Crippen LogP contribution < -0.4 is 31.3 Å². The fourth-order valence-electron chi connectivity index (χ4n) is 3.97. The molecule has 0 bridgehead atoms. The highest BCUT2D eigenvalue weighted by Gasteiger charge is 2.53. The molecule has 3 atom stereocenters. The lowest BCUT2D eigenvalue weighted by Crippen LogP contribution is -2.32. The van der Waals surface area contributed by atoms with Crippen molar-refractivity contribution in [3.8, 4) is 23.0 Å². The molecule has 0 saturated heterocycles. The smallest absolute Gasteiger partial charge is 0.340 e.